The molecule has 0 atom stereocenters. The summed E-state index contributed by atoms with van der Waals surface area (Å²) in [5, 5.41) is 0. The summed E-state index contributed by atoms with van der Waals surface area (Å²) < 4.78 is 25.4. The van der Waals surface area contributed by atoms with Crippen molar-refractivity contribution in [2.45, 2.75) is 18.8 Å². The Labute approximate surface area is 76.3 Å². The number of alkyl halides is 2. The number of halogens is 2. The van der Waals surface area contributed by atoms with E-state index in [2.05, 4.69) is 0 Å². The second-order valence-corrected chi connectivity index (χ2v) is 3.52. The minimum atomic E-state index is -2.58. The Kier molecular flexibility index (Phi) is 2.73. The lowest BCUT2D eigenvalue weighted by atomic mass is 10.1. The van der Waals surface area contributed by atoms with Crippen molar-refractivity contribution in [3.63, 3.8) is 0 Å². The first-order chi connectivity index (χ1) is 5.92. The second kappa shape index (κ2) is 3.47. The number of carbonyl (C=O) groups excluding carboxylic acids is 1. The molecule has 0 unspecified atom stereocenters. The zero-order valence-corrected chi connectivity index (χ0v) is 7.89. The predicted molar refractivity (Wildman–Crippen MR) is 44.8 cm³/mol. The largest absolute Gasteiger partial charge is 0.331 e. The van der Waals surface area contributed by atoms with Crippen molar-refractivity contribution < 1.29 is 13.6 Å². The lowest BCUT2D eigenvalue weighted by Gasteiger charge is -2.33. The van der Waals surface area contributed by atoms with Gasteiger partial charge in [0, 0.05) is 40.0 Å². The Balaban J connectivity index is 2.46. The van der Waals surface area contributed by atoms with Gasteiger partial charge in [-0.1, -0.05) is 0 Å². The Bertz CT molecular complexity index is 196. The van der Waals surface area contributed by atoms with Crippen LogP contribution in [0, 0.1) is 0 Å². The number of rotatable bonds is 0. The van der Waals surface area contributed by atoms with Crippen LogP contribution >= 0.6 is 0 Å². The highest BCUT2D eigenvalue weighted by molar-refractivity contribution is 5.73. The Hall–Kier alpha value is -0.870. The monoisotopic (exact) mass is 192 g/mol. The standard InChI is InChI=1S/C8H14F2N2O/c1-11(2)7(13)12-5-3-8(9,10)4-6-12/h3-6H2,1-2H3. The van der Waals surface area contributed by atoms with Gasteiger partial charge < -0.3 is 9.80 Å². The van der Waals surface area contributed by atoms with Gasteiger partial charge in [-0.3, -0.25) is 0 Å². The van der Waals surface area contributed by atoms with Gasteiger partial charge in [-0.2, -0.15) is 0 Å². The van der Waals surface area contributed by atoms with E-state index in [1.165, 1.54) is 9.80 Å². The molecule has 5 heteroatoms. The van der Waals surface area contributed by atoms with Crippen LogP contribution < -0.4 is 0 Å². The number of nitrogens with zero attached hydrogens (tertiary/aromatic N) is 2. The molecule has 0 bridgehead atoms. The lowest BCUT2D eigenvalue weighted by molar-refractivity contribution is -0.0484. The molecule has 13 heavy (non-hydrogen) atoms. The first-order valence-corrected chi connectivity index (χ1v) is 4.26. The SMILES string of the molecule is CN(C)C(=O)N1CCC(F)(F)CC1. The number of carbonyl (C=O) groups is 1. The third kappa shape index (κ3) is 2.54. The molecule has 0 spiro atoms. The molecule has 2 amide bonds. The van der Waals surface area contributed by atoms with E-state index in [1.807, 2.05) is 0 Å². The molecule has 1 heterocycles. The van der Waals surface area contributed by atoms with Gasteiger partial charge in [0.05, 0.1) is 0 Å². The fraction of sp³-hybridized carbons (Fsp3) is 0.875. The fourth-order valence-corrected chi connectivity index (χ4v) is 1.31. The summed E-state index contributed by atoms with van der Waals surface area (Å²) in [6.07, 6.45) is -0.431. The number of urea groups is 1. The average Bonchev–Trinajstić information content (AvgIpc) is 2.03. The molecule has 1 fully saturated rings. The normalized spacial score (nSPS) is 21.4. The maximum absolute atomic E-state index is 12.7. The van der Waals surface area contributed by atoms with Crippen molar-refractivity contribution in [2.24, 2.45) is 0 Å². The Morgan fingerprint density at radius 3 is 2.15 bits per heavy atom. The van der Waals surface area contributed by atoms with E-state index >= 15 is 0 Å². The van der Waals surface area contributed by atoms with Crippen LogP contribution in [0.15, 0.2) is 0 Å². The van der Waals surface area contributed by atoms with E-state index in [0.717, 1.165) is 0 Å². The number of hydrogen-bond donors (Lipinski definition) is 0. The van der Waals surface area contributed by atoms with Crippen molar-refractivity contribution in [1.82, 2.24) is 9.80 Å². The quantitative estimate of drug-likeness (QED) is 0.569. The average molecular weight is 192 g/mol. The number of likely N-dealkylation sites (tertiary alicyclic amines) is 1. The molecule has 0 aromatic rings. The molecule has 1 rings (SSSR count). The zero-order chi connectivity index (χ0) is 10.1. The summed E-state index contributed by atoms with van der Waals surface area (Å²) in [7, 11) is 3.24. The molecule has 0 N–H and O–H groups in total. The van der Waals surface area contributed by atoms with Crippen LogP contribution in [-0.4, -0.2) is 48.9 Å². The van der Waals surface area contributed by atoms with E-state index in [0.29, 0.717) is 0 Å². The van der Waals surface area contributed by atoms with Crippen molar-refractivity contribution in [2.75, 3.05) is 27.2 Å². The first kappa shape index (κ1) is 10.2. The van der Waals surface area contributed by atoms with Crippen LogP contribution in [0.1, 0.15) is 12.8 Å². The smallest absolute Gasteiger partial charge is 0.319 e. The maximum atomic E-state index is 12.7. The zero-order valence-electron chi connectivity index (χ0n) is 7.89. The summed E-state index contributed by atoms with van der Waals surface area (Å²) in [6, 6.07) is -0.185. The summed E-state index contributed by atoms with van der Waals surface area (Å²) >= 11 is 0. The van der Waals surface area contributed by atoms with Gasteiger partial charge in [-0.25, -0.2) is 13.6 Å². The molecule has 0 saturated carbocycles. The van der Waals surface area contributed by atoms with Crippen molar-refractivity contribution >= 4 is 6.03 Å². The van der Waals surface area contributed by atoms with Crippen LogP contribution in [-0.2, 0) is 0 Å². The molecular formula is C8H14F2N2O. The lowest BCUT2D eigenvalue weighted by Crippen LogP contribution is -2.46. The molecule has 0 aromatic heterocycles. The summed E-state index contributed by atoms with van der Waals surface area (Å²) in [6.45, 7) is 0.314. The van der Waals surface area contributed by atoms with Gasteiger partial charge in [-0.05, 0) is 0 Å². The van der Waals surface area contributed by atoms with Crippen LogP contribution in [0.4, 0.5) is 13.6 Å². The minimum absolute atomic E-state index is 0.157. The molecule has 1 aliphatic rings. The third-order valence-corrected chi connectivity index (χ3v) is 2.15. The maximum Gasteiger partial charge on any atom is 0.319 e. The minimum Gasteiger partial charge on any atom is -0.331 e. The summed E-state index contributed by atoms with van der Waals surface area (Å²) in [5.41, 5.74) is 0. The van der Waals surface area contributed by atoms with Gasteiger partial charge >= 0.3 is 6.03 Å². The van der Waals surface area contributed by atoms with Gasteiger partial charge in [0.25, 0.3) is 5.92 Å². The fourth-order valence-electron chi connectivity index (χ4n) is 1.31. The second-order valence-electron chi connectivity index (χ2n) is 3.52. The van der Waals surface area contributed by atoms with Crippen molar-refractivity contribution in [3.05, 3.63) is 0 Å². The number of piperidine rings is 1. The van der Waals surface area contributed by atoms with Gasteiger partial charge in [0.2, 0.25) is 0 Å². The molecule has 1 aliphatic heterocycles. The highest BCUT2D eigenvalue weighted by atomic mass is 19.3. The number of amides is 2. The third-order valence-electron chi connectivity index (χ3n) is 2.15. The van der Waals surface area contributed by atoms with Crippen LogP contribution in [0.3, 0.4) is 0 Å². The van der Waals surface area contributed by atoms with Crippen molar-refractivity contribution in [1.29, 1.82) is 0 Å². The summed E-state index contributed by atoms with van der Waals surface area (Å²) in [4.78, 5) is 14.2. The first-order valence-electron chi connectivity index (χ1n) is 4.26. The highest BCUT2D eigenvalue weighted by Crippen LogP contribution is 2.27. The van der Waals surface area contributed by atoms with E-state index in [4.69, 9.17) is 0 Å². The van der Waals surface area contributed by atoms with Crippen LogP contribution in [0.2, 0.25) is 0 Å². The van der Waals surface area contributed by atoms with Crippen molar-refractivity contribution in [3.8, 4) is 0 Å². The van der Waals surface area contributed by atoms with Gasteiger partial charge in [0.15, 0.2) is 0 Å². The topological polar surface area (TPSA) is 23.6 Å². The van der Waals surface area contributed by atoms with E-state index in [-0.39, 0.29) is 32.0 Å². The molecular weight excluding hydrogens is 178 g/mol. The van der Waals surface area contributed by atoms with E-state index in [9.17, 15) is 13.6 Å². The Morgan fingerprint density at radius 1 is 1.31 bits per heavy atom. The van der Waals surface area contributed by atoms with Gasteiger partial charge in [0.1, 0.15) is 0 Å². The number of hydrogen-bond acceptors (Lipinski definition) is 1. The highest BCUT2D eigenvalue weighted by Gasteiger charge is 2.35. The molecule has 76 valence electrons. The Morgan fingerprint density at radius 2 is 1.77 bits per heavy atom. The van der Waals surface area contributed by atoms with Crippen LogP contribution in [0.25, 0.3) is 0 Å². The molecule has 1 saturated heterocycles. The van der Waals surface area contributed by atoms with E-state index in [1.54, 1.807) is 14.1 Å². The molecule has 0 aromatic carbocycles. The van der Waals surface area contributed by atoms with Crippen LogP contribution in [0.5, 0.6) is 0 Å². The molecule has 3 nitrogen and oxygen atoms in total. The van der Waals surface area contributed by atoms with Gasteiger partial charge in [-0.15, -0.1) is 0 Å². The molecule has 0 radical (unpaired) electrons. The molecule has 0 aliphatic carbocycles. The summed E-state index contributed by atoms with van der Waals surface area (Å²) in [5.74, 6) is -2.58. The predicted octanol–water partition coefficient (Wildman–Crippen LogP) is 1.40. The van der Waals surface area contributed by atoms with E-state index < -0.39 is 5.92 Å².